The lowest BCUT2D eigenvalue weighted by Crippen LogP contribution is -2.53. The zero-order valence-corrected chi connectivity index (χ0v) is 22.5. The first-order valence-electron chi connectivity index (χ1n) is 10.6. The third kappa shape index (κ3) is 7.50. The van der Waals surface area contributed by atoms with Crippen LogP contribution in [-0.4, -0.2) is 50.0 Å². The fourth-order valence-corrected chi connectivity index (χ4v) is 4.92. The molecule has 2 aromatic rings. The van der Waals surface area contributed by atoms with Crippen molar-refractivity contribution in [3.8, 4) is 0 Å². The van der Waals surface area contributed by atoms with Gasteiger partial charge >= 0.3 is 0 Å². The van der Waals surface area contributed by atoms with Gasteiger partial charge in [0, 0.05) is 12.6 Å². The number of anilines is 1. The second-order valence-electron chi connectivity index (χ2n) is 8.08. The normalized spacial score (nSPS) is 12.4. The van der Waals surface area contributed by atoms with Crippen molar-refractivity contribution in [3.63, 3.8) is 0 Å². The number of nitrogens with one attached hydrogen (secondary N) is 1. The number of halogens is 3. The van der Waals surface area contributed by atoms with Gasteiger partial charge < -0.3 is 10.2 Å². The minimum Gasteiger partial charge on any atom is -0.352 e. The summed E-state index contributed by atoms with van der Waals surface area (Å²) in [4.78, 5) is 27.9. The number of sulfonamides is 1. The maximum Gasteiger partial charge on any atom is 0.244 e. The Morgan fingerprint density at radius 1 is 1.00 bits per heavy atom. The van der Waals surface area contributed by atoms with E-state index in [1.165, 1.54) is 17.0 Å². The monoisotopic (exact) mass is 547 g/mol. The van der Waals surface area contributed by atoms with Crippen LogP contribution < -0.4 is 9.62 Å². The summed E-state index contributed by atoms with van der Waals surface area (Å²) in [6.45, 7) is 4.99. The lowest BCUT2D eigenvalue weighted by atomic mass is 10.1. The fraction of sp³-hybridized carbons (Fsp3) is 0.391. The third-order valence-corrected chi connectivity index (χ3v) is 7.10. The van der Waals surface area contributed by atoms with E-state index in [9.17, 15) is 18.0 Å². The summed E-state index contributed by atoms with van der Waals surface area (Å²) in [5.74, 6) is -0.887. The molecule has 0 heterocycles. The first-order chi connectivity index (χ1) is 15.8. The van der Waals surface area contributed by atoms with Crippen LogP contribution in [0.25, 0.3) is 0 Å². The van der Waals surface area contributed by atoms with Crippen LogP contribution in [0.3, 0.4) is 0 Å². The van der Waals surface area contributed by atoms with E-state index in [2.05, 4.69) is 5.32 Å². The number of rotatable bonds is 10. The minimum absolute atomic E-state index is 0.0197. The highest BCUT2D eigenvalue weighted by Crippen LogP contribution is 2.35. The van der Waals surface area contributed by atoms with E-state index < -0.39 is 28.5 Å². The molecule has 0 saturated heterocycles. The van der Waals surface area contributed by atoms with E-state index in [-0.39, 0.29) is 39.2 Å². The molecular formula is C23H28Cl3N3O4S. The van der Waals surface area contributed by atoms with Gasteiger partial charge in [-0.1, -0.05) is 72.1 Å². The Morgan fingerprint density at radius 3 is 2.12 bits per heavy atom. The van der Waals surface area contributed by atoms with Crippen molar-refractivity contribution in [1.29, 1.82) is 0 Å². The third-order valence-electron chi connectivity index (χ3n) is 4.95. The lowest BCUT2D eigenvalue weighted by Gasteiger charge is -2.33. The zero-order chi connectivity index (χ0) is 25.6. The number of nitrogens with zero attached hydrogens (tertiary/aromatic N) is 2. The Hall–Kier alpha value is -2.00. The summed E-state index contributed by atoms with van der Waals surface area (Å²) in [7, 11) is -3.94. The first kappa shape index (κ1) is 28.2. The van der Waals surface area contributed by atoms with E-state index >= 15 is 0 Å². The van der Waals surface area contributed by atoms with Crippen LogP contribution in [0.15, 0.2) is 42.5 Å². The van der Waals surface area contributed by atoms with Crippen molar-refractivity contribution in [2.75, 3.05) is 17.1 Å². The van der Waals surface area contributed by atoms with Crippen LogP contribution in [0.5, 0.6) is 0 Å². The van der Waals surface area contributed by atoms with Gasteiger partial charge in [0.15, 0.2) is 0 Å². The minimum atomic E-state index is -3.94. The Balaban J connectivity index is 2.49. The highest BCUT2D eigenvalue weighted by atomic mass is 35.5. The Morgan fingerprint density at radius 2 is 1.59 bits per heavy atom. The number of hydrogen-bond acceptors (Lipinski definition) is 4. The van der Waals surface area contributed by atoms with Gasteiger partial charge in [-0.2, -0.15) is 0 Å². The highest BCUT2D eigenvalue weighted by Gasteiger charge is 2.32. The van der Waals surface area contributed by atoms with E-state index in [1.54, 1.807) is 6.92 Å². The molecule has 0 radical (unpaired) electrons. The smallest absolute Gasteiger partial charge is 0.244 e. The number of amides is 2. The molecule has 2 amide bonds. The molecule has 1 N–H and O–H groups in total. The predicted molar refractivity (Wildman–Crippen MR) is 138 cm³/mol. The van der Waals surface area contributed by atoms with Crippen molar-refractivity contribution >= 4 is 62.3 Å². The summed E-state index contributed by atoms with van der Waals surface area (Å²) in [5.41, 5.74) is 0.816. The topological polar surface area (TPSA) is 86.8 Å². The predicted octanol–water partition coefficient (Wildman–Crippen LogP) is 4.74. The van der Waals surface area contributed by atoms with Crippen molar-refractivity contribution in [1.82, 2.24) is 10.2 Å². The van der Waals surface area contributed by atoms with Crippen LogP contribution in [0.2, 0.25) is 15.1 Å². The Kier molecular flexibility index (Phi) is 10.1. The summed E-state index contributed by atoms with van der Waals surface area (Å²) in [5, 5.41) is 3.09. The fourth-order valence-electron chi connectivity index (χ4n) is 3.38. The molecular weight excluding hydrogens is 521 g/mol. The lowest BCUT2D eigenvalue weighted by molar-refractivity contribution is -0.140. The van der Waals surface area contributed by atoms with E-state index in [1.807, 2.05) is 44.2 Å². The van der Waals surface area contributed by atoms with Gasteiger partial charge in [0.1, 0.15) is 12.6 Å². The van der Waals surface area contributed by atoms with Crippen molar-refractivity contribution in [2.45, 2.75) is 45.8 Å². The quantitative estimate of drug-likeness (QED) is 0.434. The number of carbonyl (C=O) groups excluding carboxylic acids is 2. The average Bonchev–Trinajstić information content (AvgIpc) is 2.74. The van der Waals surface area contributed by atoms with Gasteiger partial charge in [-0.25, -0.2) is 8.42 Å². The second-order valence-corrected chi connectivity index (χ2v) is 11.2. The van der Waals surface area contributed by atoms with Gasteiger partial charge in [0.25, 0.3) is 0 Å². The SMILES string of the molecule is CCC(C(=O)NC(C)C)N(Cc1ccccc1)C(=O)CN(c1cc(Cl)c(Cl)cc1Cl)S(C)(=O)=O. The van der Waals surface area contributed by atoms with Crippen molar-refractivity contribution in [3.05, 3.63) is 63.1 Å². The first-order valence-corrected chi connectivity index (χ1v) is 13.6. The molecule has 34 heavy (non-hydrogen) atoms. The molecule has 0 spiro atoms. The molecule has 0 bridgehead atoms. The summed E-state index contributed by atoms with van der Waals surface area (Å²) in [6.07, 6.45) is 1.30. The summed E-state index contributed by atoms with van der Waals surface area (Å²) in [6, 6.07) is 10.8. The second kappa shape index (κ2) is 12.1. The van der Waals surface area contributed by atoms with Crippen LogP contribution in [0.4, 0.5) is 5.69 Å². The van der Waals surface area contributed by atoms with Gasteiger partial charge in [0.05, 0.1) is 27.0 Å². The molecule has 0 fully saturated rings. The van der Waals surface area contributed by atoms with Crippen molar-refractivity contribution < 1.29 is 18.0 Å². The molecule has 1 atom stereocenters. The van der Waals surface area contributed by atoms with Gasteiger partial charge in [-0.15, -0.1) is 0 Å². The van der Waals surface area contributed by atoms with E-state index in [0.717, 1.165) is 16.1 Å². The molecule has 2 aromatic carbocycles. The van der Waals surface area contributed by atoms with Crippen LogP contribution in [0, 0.1) is 0 Å². The average molecular weight is 549 g/mol. The highest BCUT2D eigenvalue weighted by molar-refractivity contribution is 7.92. The van der Waals surface area contributed by atoms with Crippen LogP contribution >= 0.6 is 34.8 Å². The summed E-state index contributed by atoms with van der Waals surface area (Å²) >= 11 is 18.3. The zero-order valence-electron chi connectivity index (χ0n) is 19.4. The Bertz CT molecular complexity index is 1130. The summed E-state index contributed by atoms with van der Waals surface area (Å²) < 4.78 is 26.2. The molecule has 0 aliphatic heterocycles. The molecule has 0 aliphatic rings. The van der Waals surface area contributed by atoms with E-state index in [4.69, 9.17) is 34.8 Å². The van der Waals surface area contributed by atoms with Gasteiger partial charge in [-0.3, -0.25) is 13.9 Å². The molecule has 0 saturated carbocycles. The van der Waals surface area contributed by atoms with Crippen LogP contribution in [0.1, 0.15) is 32.8 Å². The Labute approximate surface area is 216 Å². The number of benzene rings is 2. The number of carbonyl (C=O) groups is 2. The molecule has 1 unspecified atom stereocenters. The largest absolute Gasteiger partial charge is 0.352 e. The molecule has 0 aromatic heterocycles. The molecule has 0 aliphatic carbocycles. The van der Waals surface area contributed by atoms with Crippen molar-refractivity contribution in [2.24, 2.45) is 0 Å². The molecule has 7 nitrogen and oxygen atoms in total. The maximum absolute atomic E-state index is 13.6. The maximum atomic E-state index is 13.6. The van der Waals surface area contributed by atoms with Gasteiger partial charge in [0.2, 0.25) is 21.8 Å². The van der Waals surface area contributed by atoms with Gasteiger partial charge in [-0.05, 0) is 38.0 Å². The molecule has 186 valence electrons. The molecule has 2 rings (SSSR count). The molecule has 11 heteroatoms. The number of hydrogen-bond donors (Lipinski definition) is 1. The van der Waals surface area contributed by atoms with E-state index in [0.29, 0.717) is 6.42 Å². The van der Waals surface area contributed by atoms with Crippen LogP contribution in [-0.2, 0) is 26.2 Å². The standard InChI is InChI=1S/C23H28Cl3N3O4S/c1-5-20(23(31)27-15(2)3)28(13-16-9-7-6-8-10-16)22(30)14-29(34(4,32)33)21-12-18(25)17(24)11-19(21)26/h6-12,15,20H,5,13-14H2,1-4H3,(H,27,31).